The van der Waals surface area contributed by atoms with Crippen molar-refractivity contribution in [1.29, 1.82) is 0 Å². The SMILES string of the molecule is O=S(=O)(Cl)c1cccc(S(=O)(=O)NCCC2CCOC2)c1. The lowest BCUT2D eigenvalue weighted by Crippen LogP contribution is -2.26. The van der Waals surface area contributed by atoms with Crippen LogP contribution < -0.4 is 4.72 Å². The molecule has 1 atom stereocenters. The highest BCUT2D eigenvalue weighted by Crippen LogP contribution is 2.19. The molecule has 1 saturated heterocycles. The van der Waals surface area contributed by atoms with Gasteiger partial charge in [-0.1, -0.05) is 6.07 Å². The van der Waals surface area contributed by atoms with E-state index in [4.69, 9.17) is 15.4 Å². The molecule has 118 valence electrons. The van der Waals surface area contributed by atoms with Crippen LogP contribution in [-0.4, -0.2) is 36.6 Å². The van der Waals surface area contributed by atoms with Crippen LogP contribution in [0, 0.1) is 5.92 Å². The summed E-state index contributed by atoms with van der Waals surface area (Å²) >= 11 is 0. The molecule has 1 heterocycles. The summed E-state index contributed by atoms with van der Waals surface area (Å²) in [5.74, 6) is 0.363. The minimum Gasteiger partial charge on any atom is -0.381 e. The van der Waals surface area contributed by atoms with Crippen LogP contribution in [0.3, 0.4) is 0 Å². The van der Waals surface area contributed by atoms with Crippen molar-refractivity contribution in [2.45, 2.75) is 22.6 Å². The number of halogens is 1. The van der Waals surface area contributed by atoms with E-state index in [1.807, 2.05) is 0 Å². The average molecular weight is 354 g/mol. The third kappa shape index (κ3) is 4.65. The van der Waals surface area contributed by atoms with Crippen LogP contribution in [0.15, 0.2) is 34.1 Å². The quantitative estimate of drug-likeness (QED) is 0.779. The Kier molecular flexibility index (Phi) is 5.26. The monoisotopic (exact) mass is 353 g/mol. The molecular weight excluding hydrogens is 338 g/mol. The normalized spacial score (nSPS) is 19.8. The number of rotatable bonds is 6. The number of sulfonamides is 1. The lowest BCUT2D eigenvalue weighted by atomic mass is 10.1. The number of nitrogens with one attached hydrogen (secondary N) is 1. The molecule has 21 heavy (non-hydrogen) atoms. The highest BCUT2D eigenvalue weighted by atomic mass is 35.7. The Balaban J connectivity index is 2.05. The predicted octanol–water partition coefficient (Wildman–Crippen LogP) is 1.32. The van der Waals surface area contributed by atoms with Crippen LogP contribution >= 0.6 is 10.7 Å². The molecule has 6 nitrogen and oxygen atoms in total. The predicted molar refractivity (Wildman–Crippen MR) is 78.2 cm³/mol. The zero-order valence-corrected chi connectivity index (χ0v) is 13.5. The van der Waals surface area contributed by atoms with Crippen molar-refractivity contribution < 1.29 is 21.6 Å². The third-order valence-corrected chi connectivity index (χ3v) is 6.08. The maximum Gasteiger partial charge on any atom is 0.261 e. The molecular formula is C12H16ClNO5S2. The minimum atomic E-state index is -3.96. The first kappa shape index (κ1) is 16.7. The van der Waals surface area contributed by atoms with Crippen LogP contribution in [0.1, 0.15) is 12.8 Å². The largest absolute Gasteiger partial charge is 0.381 e. The molecule has 1 N–H and O–H groups in total. The van der Waals surface area contributed by atoms with Gasteiger partial charge in [-0.2, -0.15) is 0 Å². The molecule has 1 aliphatic rings. The second-order valence-electron chi connectivity index (χ2n) is 4.83. The molecule has 9 heteroatoms. The molecule has 1 aromatic rings. The Labute approximate surface area is 128 Å². The van der Waals surface area contributed by atoms with Crippen molar-refractivity contribution in [3.05, 3.63) is 24.3 Å². The smallest absolute Gasteiger partial charge is 0.261 e. The van der Waals surface area contributed by atoms with E-state index < -0.39 is 19.1 Å². The van der Waals surface area contributed by atoms with E-state index in [1.165, 1.54) is 18.2 Å². The first-order valence-corrected chi connectivity index (χ1v) is 10.2. The van der Waals surface area contributed by atoms with E-state index in [2.05, 4.69) is 4.72 Å². The van der Waals surface area contributed by atoms with Crippen LogP contribution in [0.2, 0.25) is 0 Å². The second-order valence-corrected chi connectivity index (χ2v) is 9.16. The summed E-state index contributed by atoms with van der Waals surface area (Å²) in [6.07, 6.45) is 1.62. The van der Waals surface area contributed by atoms with E-state index in [0.717, 1.165) is 12.5 Å². The van der Waals surface area contributed by atoms with Gasteiger partial charge in [-0.15, -0.1) is 0 Å². The van der Waals surface area contributed by atoms with Crippen molar-refractivity contribution >= 4 is 29.8 Å². The van der Waals surface area contributed by atoms with Crippen LogP contribution in [0.4, 0.5) is 0 Å². The molecule has 0 amide bonds. The molecule has 1 unspecified atom stereocenters. The zero-order valence-electron chi connectivity index (χ0n) is 11.2. The van der Waals surface area contributed by atoms with Crippen LogP contribution in [-0.2, 0) is 23.8 Å². The maximum atomic E-state index is 12.1. The summed E-state index contributed by atoms with van der Waals surface area (Å²) in [7, 11) is -2.49. The fourth-order valence-electron chi connectivity index (χ4n) is 2.08. The summed E-state index contributed by atoms with van der Waals surface area (Å²) in [4.78, 5) is -0.358. The summed E-state index contributed by atoms with van der Waals surface area (Å²) < 4.78 is 54.4. The van der Waals surface area contributed by atoms with Gasteiger partial charge in [-0.25, -0.2) is 21.6 Å². The number of hydrogen-bond donors (Lipinski definition) is 1. The minimum absolute atomic E-state index is 0.119. The topological polar surface area (TPSA) is 89.5 Å². The highest BCUT2D eigenvalue weighted by Gasteiger charge is 2.20. The van der Waals surface area contributed by atoms with Crippen molar-refractivity contribution in [3.63, 3.8) is 0 Å². The molecule has 0 bridgehead atoms. The van der Waals surface area contributed by atoms with Gasteiger partial charge in [0.1, 0.15) is 0 Å². The van der Waals surface area contributed by atoms with E-state index in [9.17, 15) is 16.8 Å². The Hall–Kier alpha value is -0.670. The fourth-order valence-corrected chi connectivity index (χ4v) is 4.05. The molecule has 0 aromatic heterocycles. The summed E-state index contributed by atoms with van der Waals surface area (Å²) in [5, 5.41) is 0. The number of hydrogen-bond acceptors (Lipinski definition) is 5. The lowest BCUT2D eigenvalue weighted by Gasteiger charge is -2.10. The number of benzene rings is 1. The van der Waals surface area contributed by atoms with Crippen molar-refractivity contribution in [1.82, 2.24) is 4.72 Å². The molecule has 2 rings (SSSR count). The molecule has 0 radical (unpaired) electrons. The molecule has 1 aliphatic heterocycles. The first-order chi connectivity index (χ1) is 9.79. The molecule has 0 aliphatic carbocycles. The van der Waals surface area contributed by atoms with E-state index in [-0.39, 0.29) is 16.3 Å². The lowest BCUT2D eigenvalue weighted by molar-refractivity contribution is 0.184. The molecule has 1 fully saturated rings. The van der Waals surface area contributed by atoms with Gasteiger partial charge >= 0.3 is 0 Å². The summed E-state index contributed by atoms with van der Waals surface area (Å²) in [6.45, 7) is 1.66. The first-order valence-electron chi connectivity index (χ1n) is 6.41. The van der Waals surface area contributed by atoms with Crippen LogP contribution in [0.5, 0.6) is 0 Å². The van der Waals surface area contributed by atoms with Crippen molar-refractivity contribution in [3.8, 4) is 0 Å². The number of ether oxygens (including phenoxy) is 1. The highest BCUT2D eigenvalue weighted by molar-refractivity contribution is 8.13. The zero-order chi connectivity index (χ0) is 15.5. The van der Waals surface area contributed by atoms with Gasteiger partial charge in [0.15, 0.2) is 0 Å². The van der Waals surface area contributed by atoms with Gasteiger partial charge in [0.05, 0.1) is 9.79 Å². The van der Waals surface area contributed by atoms with Crippen molar-refractivity contribution in [2.24, 2.45) is 5.92 Å². The Bertz CT molecular complexity index is 696. The van der Waals surface area contributed by atoms with E-state index in [1.54, 1.807) is 0 Å². The Morgan fingerprint density at radius 2 is 1.95 bits per heavy atom. The Morgan fingerprint density at radius 3 is 2.57 bits per heavy atom. The average Bonchev–Trinajstić information content (AvgIpc) is 2.91. The van der Waals surface area contributed by atoms with Gasteiger partial charge in [0, 0.05) is 30.4 Å². The van der Waals surface area contributed by atoms with Gasteiger partial charge < -0.3 is 4.74 Å². The van der Waals surface area contributed by atoms with Gasteiger partial charge in [0.25, 0.3) is 9.05 Å². The maximum absolute atomic E-state index is 12.1. The fraction of sp³-hybridized carbons (Fsp3) is 0.500. The Morgan fingerprint density at radius 1 is 1.24 bits per heavy atom. The summed E-state index contributed by atoms with van der Waals surface area (Å²) in [6, 6.07) is 4.96. The van der Waals surface area contributed by atoms with E-state index >= 15 is 0 Å². The van der Waals surface area contributed by atoms with E-state index in [0.29, 0.717) is 25.6 Å². The molecule has 0 saturated carbocycles. The van der Waals surface area contributed by atoms with Gasteiger partial charge in [-0.3, -0.25) is 0 Å². The van der Waals surface area contributed by atoms with Gasteiger partial charge in [0.2, 0.25) is 10.0 Å². The third-order valence-electron chi connectivity index (χ3n) is 3.27. The molecule has 1 aromatic carbocycles. The summed E-state index contributed by atoms with van der Waals surface area (Å²) in [5.41, 5.74) is 0. The standard InChI is InChI=1S/C12H16ClNO5S2/c13-20(15,16)11-2-1-3-12(8-11)21(17,18)14-6-4-10-5-7-19-9-10/h1-3,8,10,14H,4-7,9H2. The molecule has 0 spiro atoms. The second kappa shape index (κ2) is 6.62. The van der Waals surface area contributed by atoms with Crippen LogP contribution in [0.25, 0.3) is 0 Å². The van der Waals surface area contributed by atoms with Gasteiger partial charge in [-0.05, 0) is 37.0 Å². The van der Waals surface area contributed by atoms with Crippen molar-refractivity contribution in [2.75, 3.05) is 19.8 Å².